The maximum atomic E-state index is 6.30. The molecule has 0 saturated carbocycles. The van der Waals surface area contributed by atoms with Crippen molar-refractivity contribution in [3.05, 3.63) is 41.3 Å². The molecule has 0 unspecified atom stereocenters. The normalized spacial score (nSPS) is 25.4. The summed E-state index contributed by atoms with van der Waals surface area (Å²) in [5.74, 6) is 0. The molecule has 2 saturated heterocycles. The molecular formula is C20H30B2O4. The van der Waals surface area contributed by atoms with Gasteiger partial charge in [-0.2, -0.15) is 0 Å². The van der Waals surface area contributed by atoms with Gasteiger partial charge in [-0.05, 0) is 66.3 Å². The Morgan fingerprint density at radius 3 is 1.35 bits per heavy atom. The van der Waals surface area contributed by atoms with Crippen molar-refractivity contribution >= 4 is 20.3 Å². The van der Waals surface area contributed by atoms with Crippen molar-refractivity contribution < 1.29 is 18.6 Å². The molecule has 1 aromatic rings. The van der Waals surface area contributed by atoms with Crippen LogP contribution in [0.15, 0.2) is 35.7 Å². The smallest absolute Gasteiger partial charge is 0.400 e. The Morgan fingerprint density at radius 1 is 0.654 bits per heavy atom. The maximum Gasteiger partial charge on any atom is 0.486 e. The van der Waals surface area contributed by atoms with Crippen LogP contribution in [0.5, 0.6) is 0 Å². The summed E-state index contributed by atoms with van der Waals surface area (Å²) in [5.41, 5.74) is -0.616. The van der Waals surface area contributed by atoms with Crippen molar-refractivity contribution in [2.75, 3.05) is 0 Å². The third kappa shape index (κ3) is 3.40. The molecule has 0 aromatic heterocycles. The predicted octanol–water partition coefficient (Wildman–Crippen LogP) is 4.33. The van der Waals surface area contributed by atoms with Gasteiger partial charge in [0, 0.05) is 0 Å². The summed E-state index contributed by atoms with van der Waals surface area (Å²) in [4.78, 5) is 0. The maximum absolute atomic E-state index is 6.30. The lowest BCUT2D eigenvalue weighted by atomic mass is 9.57. The lowest BCUT2D eigenvalue weighted by molar-refractivity contribution is 0.00578. The van der Waals surface area contributed by atoms with Crippen LogP contribution >= 0.6 is 0 Å². The molecular weight excluding hydrogens is 326 g/mol. The summed E-state index contributed by atoms with van der Waals surface area (Å²) < 4.78 is 25.2. The third-order valence-corrected chi connectivity index (χ3v) is 6.18. The Labute approximate surface area is 158 Å². The van der Waals surface area contributed by atoms with Crippen LogP contribution < -0.4 is 0 Å². The van der Waals surface area contributed by atoms with E-state index >= 15 is 0 Å². The molecule has 0 aliphatic carbocycles. The van der Waals surface area contributed by atoms with Crippen molar-refractivity contribution in [1.82, 2.24) is 0 Å². The number of rotatable bonds is 3. The van der Waals surface area contributed by atoms with Crippen molar-refractivity contribution in [2.45, 2.75) is 77.8 Å². The van der Waals surface area contributed by atoms with Gasteiger partial charge in [0.1, 0.15) is 0 Å². The number of hydrogen-bond donors (Lipinski definition) is 0. The van der Waals surface area contributed by atoms with Crippen LogP contribution in [0, 0.1) is 0 Å². The van der Waals surface area contributed by atoms with E-state index in [1.807, 2.05) is 18.2 Å². The molecule has 0 N–H and O–H groups in total. The van der Waals surface area contributed by atoms with Gasteiger partial charge in [-0.3, -0.25) is 0 Å². The molecule has 0 amide bonds. The van der Waals surface area contributed by atoms with E-state index < -0.39 is 36.6 Å². The molecule has 3 rings (SSSR count). The highest BCUT2D eigenvalue weighted by Crippen LogP contribution is 2.43. The van der Waals surface area contributed by atoms with Gasteiger partial charge in [0.05, 0.1) is 22.4 Å². The van der Waals surface area contributed by atoms with Gasteiger partial charge in [-0.1, -0.05) is 36.4 Å². The number of benzene rings is 1. The Kier molecular flexibility index (Phi) is 4.72. The first-order valence-corrected chi connectivity index (χ1v) is 9.32. The van der Waals surface area contributed by atoms with E-state index in [4.69, 9.17) is 18.6 Å². The van der Waals surface area contributed by atoms with E-state index in [2.05, 4.69) is 73.6 Å². The molecule has 26 heavy (non-hydrogen) atoms. The minimum Gasteiger partial charge on any atom is -0.400 e. The monoisotopic (exact) mass is 356 g/mol. The molecule has 0 spiro atoms. The molecule has 2 fully saturated rings. The van der Waals surface area contributed by atoms with Crippen LogP contribution in [0.1, 0.15) is 61.0 Å². The Balaban J connectivity index is 1.99. The standard InChI is InChI=1S/C20H30B2O4/c1-17(2)18(3,4)24-21(23-17)16(14-15-12-10-9-11-13-15)22-25-19(5,6)20(7,8)26-22/h9-14H,1-8H3. The third-order valence-electron chi connectivity index (χ3n) is 6.18. The fourth-order valence-corrected chi connectivity index (χ4v) is 2.95. The zero-order valence-corrected chi connectivity index (χ0v) is 17.3. The van der Waals surface area contributed by atoms with Crippen LogP contribution in [-0.2, 0) is 18.6 Å². The second-order valence-corrected chi connectivity index (χ2v) is 9.23. The minimum absolute atomic E-state index is 0.420. The second-order valence-electron chi connectivity index (χ2n) is 9.23. The van der Waals surface area contributed by atoms with Gasteiger partial charge in [-0.25, -0.2) is 0 Å². The largest absolute Gasteiger partial charge is 0.486 e. The van der Waals surface area contributed by atoms with Crippen molar-refractivity contribution in [3.63, 3.8) is 0 Å². The average molecular weight is 356 g/mol. The van der Waals surface area contributed by atoms with E-state index in [1.165, 1.54) is 0 Å². The van der Waals surface area contributed by atoms with Gasteiger partial charge in [-0.15, -0.1) is 0 Å². The lowest BCUT2D eigenvalue weighted by Crippen LogP contribution is -2.41. The molecule has 1 aromatic carbocycles. The average Bonchev–Trinajstić information content (AvgIpc) is 2.85. The topological polar surface area (TPSA) is 36.9 Å². The molecule has 6 heteroatoms. The Bertz CT molecular complexity index is 625. The Morgan fingerprint density at radius 2 is 1.00 bits per heavy atom. The fourth-order valence-electron chi connectivity index (χ4n) is 2.95. The van der Waals surface area contributed by atoms with Crippen molar-refractivity contribution in [3.8, 4) is 0 Å². The van der Waals surface area contributed by atoms with Crippen LogP contribution in [0.2, 0.25) is 0 Å². The molecule has 2 heterocycles. The zero-order valence-electron chi connectivity index (χ0n) is 17.3. The molecule has 0 radical (unpaired) electrons. The van der Waals surface area contributed by atoms with E-state index in [-0.39, 0.29) is 0 Å². The van der Waals surface area contributed by atoms with E-state index in [1.54, 1.807) is 0 Å². The summed E-state index contributed by atoms with van der Waals surface area (Å²) in [5, 5.41) is 0.855. The predicted molar refractivity (Wildman–Crippen MR) is 107 cm³/mol. The van der Waals surface area contributed by atoms with Gasteiger partial charge in [0.15, 0.2) is 0 Å². The van der Waals surface area contributed by atoms with E-state index in [0.29, 0.717) is 0 Å². The minimum atomic E-state index is -0.519. The first-order chi connectivity index (χ1) is 11.8. The summed E-state index contributed by atoms with van der Waals surface area (Å²) >= 11 is 0. The Hall–Kier alpha value is -1.07. The molecule has 2 aliphatic heterocycles. The number of hydrogen-bond acceptors (Lipinski definition) is 4. The van der Waals surface area contributed by atoms with Crippen LogP contribution in [-0.4, -0.2) is 36.6 Å². The van der Waals surface area contributed by atoms with E-state index in [9.17, 15) is 0 Å². The SMILES string of the molecule is CC1(C)OB(C(=Cc2ccccc2)B2OC(C)(C)C(C)(C)O2)OC1(C)C. The molecule has 4 nitrogen and oxygen atoms in total. The second kappa shape index (κ2) is 6.23. The van der Waals surface area contributed by atoms with Gasteiger partial charge >= 0.3 is 14.2 Å². The highest BCUT2D eigenvalue weighted by atomic mass is 16.7. The van der Waals surface area contributed by atoms with Gasteiger partial charge in [0.25, 0.3) is 0 Å². The van der Waals surface area contributed by atoms with E-state index in [0.717, 1.165) is 10.9 Å². The molecule has 0 atom stereocenters. The quantitative estimate of drug-likeness (QED) is 0.756. The van der Waals surface area contributed by atoms with Gasteiger partial charge in [0.2, 0.25) is 0 Å². The summed E-state index contributed by atoms with van der Waals surface area (Å²) in [6, 6.07) is 10.1. The fraction of sp³-hybridized carbons (Fsp3) is 0.600. The lowest BCUT2D eigenvalue weighted by Gasteiger charge is -2.32. The summed E-state index contributed by atoms with van der Waals surface area (Å²) in [6.45, 7) is 16.4. The zero-order chi connectivity index (χ0) is 19.4. The van der Waals surface area contributed by atoms with Gasteiger partial charge < -0.3 is 18.6 Å². The van der Waals surface area contributed by atoms with Crippen LogP contribution in [0.3, 0.4) is 0 Å². The molecule has 140 valence electrons. The summed E-state index contributed by atoms with van der Waals surface area (Å²) in [7, 11) is -1.04. The first-order valence-electron chi connectivity index (χ1n) is 9.32. The molecule has 2 aliphatic rings. The van der Waals surface area contributed by atoms with Crippen LogP contribution in [0.25, 0.3) is 6.08 Å². The highest BCUT2D eigenvalue weighted by molar-refractivity contribution is 6.79. The highest BCUT2D eigenvalue weighted by Gasteiger charge is 2.59. The van der Waals surface area contributed by atoms with Crippen molar-refractivity contribution in [2.24, 2.45) is 0 Å². The molecule has 0 bridgehead atoms. The summed E-state index contributed by atoms with van der Waals surface area (Å²) in [6.07, 6.45) is 2.06. The van der Waals surface area contributed by atoms with Crippen molar-refractivity contribution in [1.29, 1.82) is 0 Å². The van der Waals surface area contributed by atoms with Crippen LogP contribution in [0.4, 0.5) is 0 Å². The first kappa shape index (κ1) is 19.7.